The zero-order valence-corrected chi connectivity index (χ0v) is 14.5. The molecule has 8 heteroatoms. The summed E-state index contributed by atoms with van der Waals surface area (Å²) in [5.41, 5.74) is 1.22. The fourth-order valence-electron chi connectivity index (χ4n) is 1.88. The van der Waals surface area contributed by atoms with Gasteiger partial charge in [-0.2, -0.15) is 0 Å². The van der Waals surface area contributed by atoms with Crippen molar-refractivity contribution in [3.8, 4) is 11.5 Å². The lowest BCUT2D eigenvalue weighted by atomic mass is 10.2. The maximum absolute atomic E-state index is 12.0. The molecule has 0 radical (unpaired) electrons. The Bertz CT molecular complexity index is 730. The molecule has 1 aromatic heterocycles. The lowest BCUT2D eigenvalue weighted by Gasteiger charge is -2.12. The molecule has 0 aliphatic rings. The smallest absolute Gasteiger partial charge is 0.315 e. The van der Waals surface area contributed by atoms with Crippen LogP contribution in [0.3, 0.4) is 0 Å². The number of hydrogen-bond acceptors (Lipinski definition) is 6. The number of ether oxygens (including phenoxy) is 2. The third kappa shape index (κ3) is 4.69. The van der Waals surface area contributed by atoms with Crippen LogP contribution in [-0.2, 0) is 9.59 Å². The van der Waals surface area contributed by atoms with Crippen molar-refractivity contribution in [2.75, 3.05) is 23.8 Å². The van der Waals surface area contributed by atoms with Crippen LogP contribution in [0.2, 0.25) is 0 Å². The summed E-state index contributed by atoms with van der Waals surface area (Å²) in [7, 11) is 0. The van der Waals surface area contributed by atoms with Crippen molar-refractivity contribution in [1.82, 2.24) is 4.98 Å². The molecule has 24 heavy (non-hydrogen) atoms. The van der Waals surface area contributed by atoms with Crippen molar-refractivity contribution < 1.29 is 19.1 Å². The van der Waals surface area contributed by atoms with Gasteiger partial charge in [0.1, 0.15) is 0 Å². The Balaban J connectivity index is 2.04. The van der Waals surface area contributed by atoms with Crippen molar-refractivity contribution in [3.05, 3.63) is 29.3 Å². The maximum Gasteiger partial charge on any atom is 0.315 e. The van der Waals surface area contributed by atoms with Gasteiger partial charge in [-0.15, -0.1) is 11.3 Å². The summed E-state index contributed by atoms with van der Waals surface area (Å²) in [5.74, 6) is -0.473. The summed E-state index contributed by atoms with van der Waals surface area (Å²) in [6.07, 6.45) is 0. The van der Waals surface area contributed by atoms with E-state index in [1.807, 2.05) is 13.8 Å². The number of rotatable bonds is 6. The second-order valence-corrected chi connectivity index (χ2v) is 5.59. The summed E-state index contributed by atoms with van der Waals surface area (Å²) < 4.78 is 10.9. The highest BCUT2D eigenvalue weighted by atomic mass is 32.1. The third-order valence-corrected chi connectivity index (χ3v) is 3.72. The number of anilines is 2. The molecule has 1 heterocycles. The molecule has 0 fully saturated rings. The summed E-state index contributed by atoms with van der Waals surface area (Å²) in [4.78, 5) is 28.0. The normalized spacial score (nSPS) is 10.1. The number of nitrogens with zero attached hydrogens (tertiary/aromatic N) is 1. The van der Waals surface area contributed by atoms with Crippen molar-refractivity contribution in [3.63, 3.8) is 0 Å². The first-order valence-corrected chi connectivity index (χ1v) is 8.35. The third-order valence-electron chi connectivity index (χ3n) is 2.85. The number of hydrogen-bond donors (Lipinski definition) is 2. The van der Waals surface area contributed by atoms with Gasteiger partial charge in [0.25, 0.3) is 0 Å². The first kappa shape index (κ1) is 17.7. The number of benzene rings is 1. The van der Waals surface area contributed by atoms with Gasteiger partial charge in [-0.1, -0.05) is 0 Å². The fourth-order valence-corrected chi connectivity index (χ4v) is 2.57. The van der Waals surface area contributed by atoms with Crippen LogP contribution >= 0.6 is 11.3 Å². The van der Waals surface area contributed by atoms with Crippen molar-refractivity contribution in [2.24, 2.45) is 0 Å². The van der Waals surface area contributed by atoms with E-state index in [-0.39, 0.29) is 0 Å². The Labute approximate surface area is 144 Å². The summed E-state index contributed by atoms with van der Waals surface area (Å²) in [6, 6.07) is 4.95. The Morgan fingerprint density at radius 2 is 1.75 bits per heavy atom. The van der Waals surface area contributed by atoms with Crippen LogP contribution in [0.25, 0.3) is 0 Å². The molecule has 2 rings (SSSR count). The van der Waals surface area contributed by atoms with Crippen LogP contribution in [-0.4, -0.2) is 30.0 Å². The number of carbonyl (C=O) groups excluding carboxylic acids is 2. The molecule has 2 N–H and O–H groups in total. The van der Waals surface area contributed by atoms with E-state index in [1.54, 1.807) is 30.5 Å². The zero-order valence-electron chi connectivity index (χ0n) is 13.7. The number of carbonyl (C=O) groups is 2. The molecular weight excluding hydrogens is 330 g/mol. The van der Waals surface area contributed by atoms with Crippen LogP contribution < -0.4 is 20.1 Å². The molecule has 1 aromatic carbocycles. The first-order chi connectivity index (χ1) is 11.5. The van der Waals surface area contributed by atoms with E-state index in [1.165, 1.54) is 11.3 Å². The van der Waals surface area contributed by atoms with Crippen molar-refractivity contribution in [1.29, 1.82) is 0 Å². The second-order valence-electron chi connectivity index (χ2n) is 4.73. The first-order valence-electron chi connectivity index (χ1n) is 7.47. The average molecular weight is 349 g/mol. The number of nitrogens with one attached hydrogen (secondary N) is 2. The Hall–Kier alpha value is -2.61. The van der Waals surface area contributed by atoms with Gasteiger partial charge in [-0.05, 0) is 32.9 Å². The van der Waals surface area contributed by atoms with Gasteiger partial charge in [-0.3, -0.25) is 14.9 Å². The monoisotopic (exact) mass is 349 g/mol. The second kappa shape index (κ2) is 8.30. The molecule has 0 aliphatic carbocycles. The number of aryl methyl sites for hydroxylation is 1. The molecule has 0 atom stereocenters. The van der Waals surface area contributed by atoms with E-state index in [0.29, 0.717) is 35.5 Å². The highest BCUT2D eigenvalue weighted by Gasteiger charge is 2.16. The Kier molecular flexibility index (Phi) is 6.14. The van der Waals surface area contributed by atoms with Crippen LogP contribution in [0, 0.1) is 6.92 Å². The number of amides is 2. The van der Waals surface area contributed by atoms with Gasteiger partial charge >= 0.3 is 11.8 Å². The van der Waals surface area contributed by atoms with E-state index in [9.17, 15) is 9.59 Å². The van der Waals surface area contributed by atoms with Gasteiger partial charge in [-0.25, -0.2) is 4.98 Å². The van der Waals surface area contributed by atoms with E-state index in [4.69, 9.17) is 9.47 Å². The number of thiazole rings is 1. The molecule has 0 spiro atoms. The minimum atomic E-state index is -0.783. The molecule has 0 aliphatic heterocycles. The van der Waals surface area contributed by atoms with Crippen LogP contribution in [0.1, 0.15) is 19.5 Å². The number of aromatic nitrogens is 1. The lowest BCUT2D eigenvalue weighted by Crippen LogP contribution is -2.29. The fraction of sp³-hybridized carbons (Fsp3) is 0.312. The van der Waals surface area contributed by atoms with Crippen LogP contribution in [0.15, 0.2) is 23.6 Å². The molecule has 128 valence electrons. The van der Waals surface area contributed by atoms with E-state index in [0.717, 1.165) is 5.69 Å². The maximum atomic E-state index is 12.0. The average Bonchev–Trinajstić information content (AvgIpc) is 2.95. The predicted octanol–water partition coefficient (Wildman–Crippen LogP) is 2.83. The van der Waals surface area contributed by atoms with Crippen LogP contribution in [0.4, 0.5) is 10.8 Å². The van der Waals surface area contributed by atoms with E-state index in [2.05, 4.69) is 15.6 Å². The largest absolute Gasteiger partial charge is 0.490 e. The van der Waals surface area contributed by atoms with Gasteiger partial charge in [0.2, 0.25) is 0 Å². The Morgan fingerprint density at radius 1 is 1.08 bits per heavy atom. The Morgan fingerprint density at radius 3 is 2.38 bits per heavy atom. The summed E-state index contributed by atoms with van der Waals surface area (Å²) in [6.45, 7) is 6.49. The summed E-state index contributed by atoms with van der Waals surface area (Å²) >= 11 is 1.26. The zero-order chi connectivity index (χ0) is 17.5. The minimum Gasteiger partial charge on any atom is -0.490 e. The molecule has 0 saturated heterocycles. The van der Waals surface area contributed by atoms with Gasteiger partial charge in [0.05, 0.1) is 18.9 Å². The van der Waals surface area contributed by atoms with Crippen molar-refractivity contribution >= 4 is 34.0 Å². The lowest BCUT2D eigenvalue weighted by molar-refractivity contribution is -0.133. The molecule has 2 amide bonds. The predicted molar refractivity (Wildman–Crippen MR) is 92.9 cm³/mol. The highest BCUT2D eigenvalue weighted by molar-refractivity contribution is 7.14. The highest BCUT2D eigenvalue weighted by Crippen LogP contribution is 2.30. The molecule has 0 unspecified atom stereocenters. The minimum absolute atomic E-state index is 0.384. The van der Waals surface area contributed by atoms with Crippen molar-refractivity contribution in [2.45, 2.75) is 20.8 Å². The molecule has 0 bridgehead atoms. The van der Waals surface area contributed by atoms with E-state index >= 15 is 0 Å². The van der Waals surface area contributed by atoms with Crippen LogP contribution in [0.5, 0.6) is 11.5 Å². The van der Waals surface area contributed by atoms with Gasteiger partial charge in [0, 0.05) is 17.1 Å². The summed E-state index contributed by atoms with van der Waals surface area (Å²) in [5, 5.41) is 7.15. The molecular formula is C16H19N3O4S. The quantitative estimate of drug-likeness (QED) is 0.783. The molecule has 2 aromatic rings. The molecule has 0 saturated carbocycles. The molecule has 7 nitrogen and oxygen atoms in total. The van der Waals surface area contributed by atoms with Gasteiger partial charge in [0.15, 0.2) is 16.6 Å². The topological polar surface area (TPSA) is 89.5 Å². The van der Waals surface area contributed by atoms with E-state index < -0.39 is 11.8 Å². The standard InChI is InChI=1S/C16H19N3O4S/c1-4-22-12-7-6-11(8-13(12)23-5-2)18-14(20)15(21)19-16-17-10(3)9-24-16/h6-9H,4-5H2,1-3H3,(H,18,20)(H,17,19,21). The SMILES string of the molecule is CCOc1ccc(NC(=O)C(=O)Nc2nc(C)cs2)cc1OCC. The van der Waals surface area contributed by atoms with Gasteiger partial charge < -0.3 is 14.8 Å².